The molecule has 1 fully saturated rings. The van der Waals surface area contributed by atoms with Crippen molar-refractivity contribution in [1.29, 1.82) is 0 Å². The number of amides is 1. The fraction of sp³-hybridized carbons (Fsp3) is 0.200. The van der Waals surface area contributed by atoms with Gasteiger partial charge in [-0.15, -0.1) is 5.10 Å². The Morgan fingerprint density at radius 1 is 1.07 bits per heavy atom. The molecule has 0 spiro atoms. The number of nitrogens with one attached hydrogen (secondary N) is 2. The molecule has 1 aliphatic heterocycles. The number of aromatic nitrogens is 3. The first-order valence-electron chi connectivity index (χ1n) is 9.12. The molecular weight excluding hydrogens is 375 g/mol. The normalized spacial score (nSPS) is 13.8. The zero-order valence-corrected chi connectivity index (χ0v) is 15.5. The molecule has 29 heavy (non-hydrogen) atoms. The molecule has 0 radical (unpaired) electrons. The lowest BCUT2D eigenvalue weighted by atomic mass is 10.2. The number of anilines is 4. The Bertz CT molecular complexity index is 992. The van der Waals surface area contributed by atoms with Gasteiger partial charge in [0.2, 0.25) is 0 Å². The number of rotatable bonds is 5. The largest absolute Gasteiger partial charge is 0.378 e. The van der Waals surface area contributed by atoms with Gasteiger partial charge >= 0.3 is 0 Å². The van der Waals surface area contributed by atoms with E-state index in [1.807, 2.05) is 6.07 Å². The third kappa shape index (κ3) is 4.64. The van der Waals surface area contributed by atoms with Gasteiger partial charge in [0, 0.05) is 36.7 Å². The molecule has 3 heterocycles. The molecule has 0 atom stereocenters. The summed E-state index contributed by atoms with van der Waals surface area (Å²) >= 11 is 0. The molecule has 9 heteroatoms. The number of carbonyl (C=O) groups excluding carboxylic acids is 1. The van der Waals surface area contributed by atoms with E-state index in [-0.39, 0.29) is 5.56 Å². The van der Waals surface area contributed by atoms with Crippen LogP contribution in [0.4, 0.5) is 27.3 Å². The molecule has 0 saturated carbocycles. The van der Waals surface area contributed by atoms with Crippen LogP contribution < -0.4 is 15.5 Å². The van der Waals surface area contributed by atoms with E-state index in [4.69, 9.17) is 4.74 Å². The number of pyridine rings is 1. The van der Waals surface area contributed by atoms with Crippen LogP contribution in [0.15, 0.2) is 55.0 Å². The quantitative estimate of drug-likeness (QED) is 0.687. The second-order valence-electron chi connectivity index (χ2n) is 6.41. The molecule has 1 aliphatic rings. The minimum absolute atomic E-state index is 0.0580. The summed E-state index contributed by atoms with van der Waals surface area (Å²) < 4.78 is 19.0. The van der Waals surface area contributed by atoms with Crippen molar-refractivity contribution in [3.63, 3.8) is 0 Å². The summed E-state index contributed by atoms with van der Waals surface area (Å²) in [6.45, 7) is 3.03. The van der Waals surface area contributed by atoms with Crippen LogP contribution in [0.5, 0.6) is 0 Å². The van der Waals surface area contributed by atoms with E-state index >= 15 is 0 Å². The summed E-state index contributed by atoms with van der Waals surface area (Å²) in [5.41, 5.74) is 2.25. The van der Waals surface area contributed by atoms with Gasteiger partial charge in [-0.05, 0) is 30.3 Å². The highest BCUT2D eigenvalue weighted by molar-refractivity contribution is 6.04. The van der Waals surface area contributed by atoms with E-state index in [0.717, 1.165) is 30.7 Å². The van der Waals surface area contributed by atoms with Gasteiger partial charge < -0.3 is 20.3 Å². The minimum Gasteiger partial charge on any atom is -0.378 e. The maximum Gasteiger partial charge on any atom is 0.258 e. The second-order valence-corrected chi connectivity index (χ2v) is 6.41. The van der Waals surface area contributed by atoms with Gasteiger partial charge in [0.15, 0.2) is 11.6 Å². The number of nitrogens with zero attached hydrogens (tertiary/aromatic N) is 4. The lowest BCUT2D eigenvalue weighted by molar-refractivity contribution is 0.102. The maximum absolute atomic E-state index is 13.7. The molecule has 1 saturated heterocycles. The van der Waals surface area contributed by atoms with E-state index in [9.17, 15) is 9.18 Å². The monoisotopic (exact) mass is 394 g/mol. The van der Waals surface area contributed by atoms with E-state index < -0.39 is 11.7 Å². The first-order valence-corrected chi connectivity index (χ1v) is 9.12. The van der Waals surface area contributed by atoms with Crippen molar-refractivity contribution in [2.24, 2.45) is 0 Å². The van der Waals surface area contributed by atoms with Gasteiger partial charge in [-0.3, -0.25) is 9.78 Å². The third-order valence-electron chi connectivity index (χ3n) is 4.45. The van der Waals surface area contributed by atoms with Crippen molar-refractivity contribution in [2.45, 2.75) is 0 Å². The Morgan fingerprint density at radius 2 is 1.83 bits per heavy atom. The lowest BCUT2D eigenvalue weighted by Crippen LogP contribution is -2.36. The molecule has 8 nitrogen and oxygen atoms in total. The summed E-state index contributed by atoms with van der Waals surface area (Å²) in [5, 5.41) is 14.0. The molecule has 1 aromatic carbocycles. The Morgan fingerprint density at radius 3 is 2.59 bits per heavy atom. The average molecular weight is 394 g/mol. The minimum atomic E-state index is -0.665. The summed E-state index contributed by atoms with van der Waals surface area (Å²) in [5.74, 6) is -0.582. The molecule has 2 N–H and O–H groups in total. The fourth-order valence-corrected chi connectivity index (χ4v) is 2.95. The highest BCUT2D eigenvalue weighted by atomic mass is 19.1. The maximum atomic E-state index is 13.7. The first kappa shape index (κ1) is 18.8. The van der Waals surface area contributed by atoms with Crippen LogP contribution in [0, 0.1) is 5.82 Å². The zero-order valence-electron chi connectivity index (χ0n) is 15.5. The number of ether oxygens (including phenoxy) is 1. The average Bonchev–Trinajstić information content (AvgIpc) is 2.76. The topological polar surface area (TPSA) is 92.3 Å². The predicted octanol–water partition coefficient (Wildman–Crippen LogP) is 2.84. The van der Waals surface area contributed by atoms with Gasteiger partial charge in [0.05, 0.1) is 36.9 Å². The summed E-state index contributed by atoms with van der Waals surface area (Å²) in [7, 11) is 0. The van der Waals surface area contributed by atoms with Crippen LogP contribution in [0.2, 0.25) is 0 Å². The Balaban J connectivity index is 1.41. The van der Waals surface area contributed by atoms with Crippen LogP contribution in [-0.2, 0) is 4.74 Å². The highest BCUT2D eigenvalue weighted by Gasteiger charge is 2.13. The van der Waals surface area contributed by atoms with Gasteiger partial charge in [-0.1, -0.05) is 0 Å². The van der Waals surface area contributed by atoms with Crippen molar-refractivity contribution in [3.05, 3.63) is 66.4 Å². The van der Waals surface area contributed by atoms with Crippen LogP contribution in [0.3, 0.4) is 0 Å². The molecule has 0 unspecified atom stereocenters. The molecule has 148 valence electrons. The van der Waals surface area contributed by atoms with E-state index in [1.165, 1.54) is 12.3 Å². The van der Waals surface area contributed by atoms with Gasteiger partial charge in [0.1, 0.15) is 0 Å². The Labute approximate surface area is 166 Å². The first-order chi connectivity index (χ1) is 14.2. The van der Waals surface area contributed by atoms with Gasteiger partial charge in [-0.2, -0.15) is 5.10 Å². The Hall–Kier alpha value is -3.59. The molecule has 2 aromatic heterocycles. The van der Waals surface area contributed by atoms with Crippen LogP contribution in [-0.4, -0.2) is 47.4 Å². The predicted molar refractivity (Wildman–Crippen MR) is 107 cm³/mol. The molecule has 0 bridgehead atoms. The summed E-state index contributed by atoms with van der Waals surface area (Å²) in [6, 6.07) is 10.3. The number of morpholine rings is 1. The molecule has 3 aromatic rings. The van der Waals surface area contributed by atoms with Crippen molar-refractivity contribution < 1.29 is 13.9 Å². The smallest absolute Gasteiger partial charge is 0.258 e. The second kappa shape index (κ2) is 8.61. The number of carbonyl (C=O) groups is 1. The van der Waals surface area contributed by atoms with Gasteiger partial charge in [-0.25, -0.2) is 4.39 Å². The molecule has 0 aliphatic carbocycles. The molecule has 1 amide bonds. The van der Waals surface area contributed by atoms with Crippen molar-refractivity contribution in [3.8, 4) is 0 Å². The Kier molecular flexibility index (Phi) is 5.57. The lowest BCUT2D eigenvalue weighted by Gasteiger charge is -2.28. The van der Waals surface area contributed by atoms with Crippen LogP contribution >= 0.6 is 0 Å². The fourth-order valence-electron chi connectivity index (χ4n) is 2.95. The summed E-state index contributed by atoms with van der Waals surface area (Å²) in [6.07, 6.45) is 4.11. The molecule has 4 rings (SSSR count). The van der Waals surface area contributed by atoms with Crippen molar-refractivity contribution >= 4 is 28.8 Å². The zero-order chi connectivity index (χ0) is 20.1. The standard InChI is InChI=1S/C20H19FN6O2/c21-18-13-22-6-5-17(18)20(28)25-15-3-1-14(2-4-15)24-19-11-16(12-23-26-19)27-7-9-29-10-8-27/h1-6,11-13H,7-10H2,(H,24,26)(H,25,28). The third-order valence-corrected chi connectivity index (χ3v) is 4.45. The number of benzene rings is 1. The number of hydrogen-bond donors (Lipinski definition) is 2. The van der Waals surface area contributed by atoms with E-state index in [0.29, 0.717) is 24.7 Å². The number of hydrogen-bond acceptors (Lipinski definition) is 7. The van der Waals surface area contributed by atoms with Crippen LogP contribution in [0.1, 0.15) is 10.4 Å². The number of halogens is 1. The van der Waals surface area contributed by atoms with Crippen molar-refractivity contribution in [2.75, 3.05) is 41.8 Å². The highest BCUT2D eigenvalue weighted by Crippen LogP contribution is 2.22. The SMILES string of the molecule is O=C(Nc1ccc(Nc2cc(N3CCOCC3)cnn2)cc1)c1ccncc1F. The van der Waals surface area contributed by atoms with Crippen molar-refractivity contribution in [1.82, 2.24) is 15.2 Å². The van der Waals surface area contributed by atoms with E-state index in [2.05, 4.69) is 30.7 Å². The molecular formula is C20H19FN6O2. The van der Waals surface area contributed by atoms with E-state index in [1.54, 1.807) is 30.5 Å². The summed E-state index contributed by atoms with van der Waals surface area (Å²) in [4.78, 5) is 18.0. The van der Waals surface area contributed by atoms with Gasteiger partial charge in [0.25, 0.3) is 5.91 Å². The van der Waals surface area contributed by atoms with Crippen LogP contribution in [0.25, 0.3) is 0 Å².